The van der Waals surface area contributed by atoms with E-state index in [-0.39, 0.29) is 18.3 Å². The van der Waals surface area contributed by atoms with Gasteiger partial charge in [-0.15, -0.1) is 0 Å². The Morgan fingerprint density at radius 1 is 0.909 bits per heavy atom. The van der Waals surface area contributed by atoms with Crippen molar-refractivity contribution in [3.8, 4) is 0 Å². The molecule has 3 aromatic carbocycles. The first-order chi connectivity index (χ1) is 21.3. The fourth-order valence-electron chi connectivity index (χ4n) is 6.47. The van der Waals surface area contributed by atoms with Gasteiger partial charge < -0.3 is 0 Å². The Hall–Kier alpha value is -5.06. The first-order valence-electron chi connectivity index (χ1n) is 14.5. The number of fused-ring (bicyclic) bond motifs is 2. The number of aryl methyl sites for hydroxylation is 1. The molecule has 0 spiro atoms. The molecule has 3 aliphatic heterocycles. The highest BCUT2D eigenvalue weighted by Gasteiger charge is 2.55. The molecule has 4 unspecified atom stereocenters. The van der Waals surface area contributed by atoms with E-state index in [0.717, 1.165) is 52.1 Å². The second kappa shape index (κ2) is 10.9. The Balaban J connectivity index is 1.18. The summed E-state index contributed by atoms with van der Waals surface area (Å²) >= 11 is 0. The Morgan fingerprint density at radius 3 is 2.30 bits per heavy atom. The minimum atomic E-state index is -1.04. The Bertz CT molecular complexity index is 1740. The molecule has 1 saturated heterocycles. The van der Waals surface area contributed by atoms with E-state index < -0.39 is 41.7 Å². The molecule has 3 amide bonds. The highest BCUT2D eigenvalue weighted by molar-refractivity contribution is 6.25. The average Bonchev–Trinajstić information content (AvgIpc) is 3.69. The third kappa shape index (κ3) is 4.78. The van der Waals surface area contributed by atoms with E-state index in [1.165, 1.54) is 34.3 Å². The average molecular weight is 595 g/mol. The summed E-state index contributed by atoms with van der Waals surface area (Å²) in [5, 5.41) is 15.6. The second-order valence-electron chi connectivity index (χ2n) is 11.5. The van der Waals surface area contributed by atoms with Crippen LogP contribution in [0.15, 0.2) is 93.8 Å². The van der Waals surface area contributed by atoms with Gasteiger partial charge in [0.25, 0.3) is 17.7 Å². The summed E-state index contributed by atoms with van der Waals surface area (Å²) in [6.45, 7) is 1.58. The van der Waals surface area contributed by atoms with E-state index >= 15 is 0 Å². The van der Waals surface area contributed by atoms with Gasteiger partial charge in [0.05, 0.1) is 17.4 Å². The van der Waals surface area contributed by atoms with Crippen LogP contribution in [-0.4, -0.2) is 52.1 Å². The number of imide groups is 1. The van der Waals surface area contributed by atoms with Gasteiger partial charge in [0.1, 0.15) is 18.2 Å². The molecular formula is C33H28F2N6O3. The van der Waals surface area contributed by atoms with Crippen molar-refractivity contribution < 1.29 is 23.2 Å². The molecule has 1 saturated carbocycles. The third-order valence-corrected chi connectivity index (χ3v) is 8.63. The number of benzene rings is 3. The number of allylic oxidation sites excluding steroid dienone is 1. The van der Waals surface area contributed by atoms with E-state index in [4.69, 9.17) is 5.10 Å². The van der Waals surface area contributed by atoms with E-state index in [2.05, 4.69) is 10.3 Å². The molecule has 11 heteroatoms. The predicted molar refractivity (Wildman–Crippen MR) is 158 cm³/mol. The molecule has 3 heterocycles. The number of halogens is 2. The quantitative estimate of drug-likeness (QED) is 0.370. The zero-order valence-electron chi connectivity index (χ0n) is 23.8. The minimum Gasteiger partial charge on any atom is -0.271 e. The first kappa shape index (κ1) is 27.8. The van der Waals surface area contributed by atoms with Crippen LogP contribution >= 0.6 is 0 Å². The monoisotopic (exact) mass is 594 g/mol. The molecular weight excluding hydrogens is 566 g/mol. The maximum Gasteiger partial charge on any atom is 0.264 e. The fraction of sp³-hybridized carbons (Fsp3) is 0.273. The summed E-state index contributed by atoms with van der Waals surface area (Å²) in [7, 11) is 0. The van der Waals surface area contributed by atoms with Gasteiger partial charge in [-0.3, -0.25) is 19.4 Å². The lowest BCUT2D eigenvalue weighted by molar-refractivity contribution is -0.136. The molecule has 0 N–H and O–H groups in total. The van der Waals surface area contributed by atoms with Crippen LogP contribution in [0.3, 0.4) is 0 Å². The van der Waals surface area contributed by atoms with Gasteiger partial charge in [0.2, 0.25) is 0 Å². The summed E-state index contributed by atoms with van der Waals surface area (Å²) in [5.41, 5.74) is 4.67. The Kier molecular flexibility index (Phi) is 6.87. The highest BCUT2D eigenvalue weighted by Crippen LogP contribution is 2.45. The second-order valence-corrected chi connectivity index (χ2v) is 11.5. The van der Waals surface area contributed by atoms with E-state index in [1.807, 2.05) is 25.1 Å². The largest absolute Gasteiger partial charge is 0.271 e. The summed E-state index contributed by atoms with van der Waals surface area (Å²) in [6.07, 6.45) is 4.31. The Morgan fingerprint density at radius 2 is 1.59 bits per heavy atom. The topological polar surface area (TPSA) is 98.0 Å². The fourth-order valence-corrected chi connectivity index (χ4v) is 6.47. The maximum atomic E-state index is 14.0. The standard InChI is InChI=1S/C33H28F2N6O3/c1-19-5-15-25(16-6-19)40-32(43)29-31(33(40)44)39(38-36-29)18-27(42)41-30(21-9-13-24(35)14-10-21)26-4-2-3-22(28(26)37-41)17-20-7-11-23(34)12-8-20/h5-17,26,29-31H,2-4,18H2,1H3. The number of nitrogens with zero attached hydrogens (tertiary/aromatic N) is 6. The molecule has 0 bridgehead atoms. The van der Waals surface area contributed by atoms with Gasteiger partial charge in [0, 0.05) is 5.92 Å². The molecule has 1 aliphatic carbocycles. The molecule has 2 fully saturated rings. The molecule has 0 aromatic heterocycles. The number of rotatable bonds is 5. The molecule has 222 valence electrons. The van der Waals surface area contributed by atoms with Gasteiger partial charge in [-0.25, -0.2) is 18.7 Å². The summed E-state index contributed by atoms with van der Waals surface area (Å²) in [6, 6.07) is 16.6. The van der Waals surface area contributed by atoms with Gasteiger partial charge in [-0.1, -0.05) is 47.2 Å². The van der Waals surface area contributed by atoms with Crippen LogP contribution in [0.2, 0.25) is 0 Å². The van der Waals surface area contributed by atoms with Crippen LogP contribution in [-0.2, 0) is 14.4 Å². The summed E-state index contributed by atoms with van der Waals surface area (Å²) in [5.74, 6) is -2.29. The molecule has 7 rings (SSSR count). The number of anilines is 1. The molecule has 4 aliphatic rings. The van der Waals surface area contributed by atoms with Crippen molar-refractivity contribution in [1.29, 1.82) is 0 Å². The van der Waals surface area contributed by atoms with Crippen molar-refractivity contribution in [3.05, 3.63) is 107 Å². The van der Waals surface area contributed by atoms with E-state index in [9.17, 15) is 23.2 Å². The SMILES string of the molecule is Cc1ccc(N2C(=O)C3N=NN(CC(=O)N4N=C5C(=Cc6ccc(F)cc6)CCCC5C4c4ccc(F)cc4)C3C2=O)cc1. The van der Waals surface area contributed by atoms with Crippen LogP contribution < -0.4 is 4.90 Å². The van der Waals surface area contributed by atoms with Crippen LogP contribution in [0.4, 0.5) is 14.5 Å². The number of hydrogen-bond donors (Lipinski definition) is 0. The lowest BCUT2D eigenvalue weighted by Gasteiger charge is -2.30. The molecule has 9 nitrogen and oxygen atoms in total. The number of amides is 3. The van der Waals surface area contributed by atoms with Crippen LogP contribution in [0.5, 0.6) is 0 Å². The number of carbonyl (C=O) groups is 3. The lowest BCUT2D eigenvalue weighted by atomic mass is 9.77. The van der Waals surface area contributed by atoms with Gasteiger partial charge >= 0.3 is 0 Å². The van der Waals surface area contributed by atoms with Crippen molar-refractivity contribution in [2.75, 3.05) is 11.4 Å². The van der Waals surface area contributed by atoms with E-state index in [0.29, 0.717) is 5.69 Å². The van der Waals surface area contributed by atoms with Crippen molar-refractivity contribution >= 4 is 35.2 Å². The number of carbonyl (C=O) groups excluding carboxylic acids is 3. The smallest absolute Gasteiger partial charge is 0.264 e. The lowest BCUT2D eigenvalue weighted by Crippen LogP contribution is -2.45. The van der Waals surface area contributed by atoms with Crippen LogP contribution in [0.1, 0.15) is 42.0 Å². The van der Waals surface area contributed by atoms with Crippen molar-refractivity contribution in [1.82, 2.24) is 10.0 Å². The highest BCUT2D eigenvalue weighted by atomic mass is 19.1. The van der Waals surface area contributed by atoms with Gasteiger partial charge in [-0.05, 0) is 85.4 Å². The van der Waals surface area contributed by atoms with E-state index in [1.54, 1.807) is 36.4 Å². The molecule has 3 aromatic rings. The Labute approximate surface area is 252 Å². The normalized spacial score (nSPS) is 25.1. The van der Waals surface area contributed by atoms with Crippen LogP contribution in [0, 0.1) is 24.5 Å². The van der Waals surface area contributed by atoms with Crippen molar-refractivity contribution in [3.63, 3.8) is 0 Å². The summed E-state index contributed by atoms with van der Waals surface area (Å²) < 4.78 is 27.4. The third-order valence-electron chi connectivity index (χ3n) is 8.63. The first-order valence-corrected chi connectivity index (χ1v) is 14.5. The van der Waals surface area contributed by atoms with Crippen molar-refractivity contribution in [2.24, 2.45) is 21.4 Å². The van der Waals surface area contributed by atoms with Gasteiger partial charge in [0.15, 0.2) is 12.1 Å². The summed E-state index contributed by atoms with van der Waals surface area (Å²) in [4.78, 5) is 41.7. The molecule has 0 radical (unpaired) electrons. The predicted octanol–water partition coefficient (Wildman–Crippen LogP) is 5.39. The number of hydrazone groups is 1. The van der Waals surface area contributed by atoms with Crippen LogP contribution in [0.25, 0.3) is 6.08 Å². The molecule has 4 atom stereocenters. The zero-order chi connectivity index (χ0) is 30.5. The zero-order valence-corrected chi connectivity index (χ0v) is 23.8. The minimum absolute atomic E-state index is 0.149. The van der Waals surface area contributed by atoms with Crippen molar-refractivity contribution in [2.45, 2.75) is 44.3 Å². The van der Waals surface area contributed by atoms with Gasteiger partial charge in [-0.2, -0.15) is 10.2 Å². The number of hydrogen-bond acceptors (Lipinski definition) is 7. The molecule has 44 heavy (non-hydrogen) atoms. The maximum absolute atomic E-state index is 14.0.